The number of hydrogen-bond acceptors (Lipinski definition) is 3. The number of rotatable bonds is 4. The zero-order valence-electron chi connectivity index (χ0n) is 13.0. The molecule has 0 aromatic rings. The third-order valence-corrected chi connectivity index (χ3v) is 6.39. The summed E-state index contributed by atoms with van der Waals surface area (Å²) in [5, 5.41) is 3.49. The molecule has 1 aliphatic carbocycles. The van der Waals surface area contributed by atoms with Crippen molar-refractivity contribution in [2.24, 2.45) is 11.8 Å². The van der Waals surface area contributed by atoms with Crippen molar-refractivity contribution in [3.63, 3.8) is 0 Å². The Labute approximate surface area is 124 Å². The molecule has 4 nitrogen and oxygen atoms in total. The van der Waals surface area contributed by atoms with E-state index in [1.54, 1.807) is 4.31 Å². The van der Waals surface area contributed by atoms with Crippen LogP contribution in [0.15, 0.2) is 0 Å². The summed E-state index contributed by atoms with van der Waals surface area (Å²) in [5.74, 6) is 1.28. The van der Waals surface area contributed by atoms with Gasteiger partial charge in [0.25, 0.3) is 0 Å². The topological polar surface area (TPSA) is 49.4 Å². The maximum Gasteiger partial charge on any atom is 0.211 e. The van der Waals surface area contributed by atoms with Gasteiger partial charge in [0.1, 0.15) is 0 Å². The van der Waals surface area contributed by atoms with Gasteiger partial charge in [-0.15, -0.1) is 0 Å². The highest BCUT2D eigenvalue weighted by atomic mass is 32.2. The molecule has 1 aliphatic heterocycles. The highest BCUT2D eigenvalue weighted by molar-refractivity contribution is 7.88. The summed E-state index contributed by atoms with van der Waals surface area (Å²) in [6.45, 7) is 1.46. The van der Waals surface area contributed by atoms with Crippen molar-refractivity contribution in [3.05, 3.63) is 0 Å². The normalized spacial score (nSPS) is 33.8. The first kappa shape index (κ1) is 16.2. The predicted molar refractivity (Wildman–Crippen MR) is 83.2 cm³/mol. The van der Waals surface area contributed by atoms with E-state index in [1.165, 1.54) is 51.2 Å². The maximum absolute atomic E-state index is 11.7. The van der Waals surface area contributed by atoms with Crippen LogP contribution in [0.3, 0.4) is 0 Å². The van der Waals surface area contributed by atoms with Crippen LogP contribution in [0.25, 0.3) is 0 Å². The van der Waals surface area contributed by atoms with Crippen LogP contribution in [0.4, 0.5) is 0 Å². The molecule has 118 valence electrons. The van der Waals surface area contributed by atoms with E-state index in [4.69, 9.17) is 0 Å². The Morgan fingerprint density at radius 3 is 2.55 bits per heavy atom. The molecule has 1 N–H and O–H groups in total. The van der Waals surface area contributed by atoms with E-state index >= 15 is 0 Å². The van der Waals surface area contributed by atoms with Crippen LogP contribution in [0.2, 0.25) is 0 Å². The summed E-state index contributed by atoms with van der Waals surface area (Å²) in [4.78, 5) is 0. The van der Waals surface area contributed by atoms with E-state index in [1.807, 2.05) is 0 Å². The van der Waals surface area contributed by atoms with Crippen LogP contribution in [0, 0.1) is 11.8 Å². The van der Waals surface area contributed by atoms with Crippen LogP contribution in [-0.4, -0.2) is 45.2 Å². The molecule has 2 fully saturated rings. The average molecular weight is 302 g/mol. The van der Waals surface area contributed by atoms with Gasteiger partial charge in [0, 0.05) is 19.1 Å². The molecule has 0 aromatic carbocycles. The number of sulfonamides is 1. The van der Waals surface area contributed by atoms with Crippen molar-refractivity contribution in [2.75, 3.05) is 26.4 Å². The standard InChI is InChI=1S/C15H30N2O2S/c1-16-15-9-5-3-4-8-14(15)11-13-7-6-10-17(12-13)20(2,18)19/h13-16H,3-12H2,1-2H3. The van der Waals surface area contributed by atoms with Crippen molar-refractivity contribution in [1.29, 1.82) is 0 Å². The molecule has 20 heavy (non-hydrogen) atoms. The first-order valence-corrected chi connectivity index (χ1v) is 9.98. The maximum atomic E-state index is 11.7. The fourth-order valence-electron chi connectivity index (χ4n) is 4.00. The van der Waals surface area contributed by atoms with Crippen LogP contribution in [0.5, 0.6) is 0 Å². The molecule has 0 aromatic heterocycles. The Bertz CT molecular complexity index is 397. The van der Waals surface area contributed by atoms with Gasteiger partial charge in [-0.1, -0.05) is 19.3 Å². The second-order valence-electron chi connectivity index (χ2n) is 6.66. The fourth-order valence-corrected chi connectivity index (χ4v) is 4.94. The van der Waals surface area contributed by atoms with Gasteiger partial charge in [0.15, 0.2) is 0 Å². The molecule has 0 spiro atoms. The summed E-state index contributed by atoms with van der Waals surface area (Å²) in [5.41, 5.74) is 0. The van der Waals surface area contributed by atoms with Crippen LogP contribution < -0.4 is 5.32 Å². The number of nitrogens with one attached hydrogen (secondary N) is 1. The third kappa shape index (κ3) is 4.43. The van der Waals surface area contributed by atoms with Gasteiger partial charge in [-0.05, 0) is 51.0 Å². The zero-order chi connectivity index (χ0) is 14.6. The Balaban J connectivity index is 1.93. The molecule has 1 heterocycles. The lowest BCUT2D eigenvalue weighted by molar-refractivity contribution is 0.205. The molecule has 0 radical (unpaired) electrons. The summed E-state index contributed by atoms with van der Waals surface area (Å²) >= 11 is 0. The predicted octanol–water partition coefficient (Wildman–Crippen LogP) is 2.22. The highest BCUT2D eigenvalue weighted by Crippen LogP contribution is 2.32. The van der Waals surface area contributed by atoms with Crippen molar-refractivity contribution >= 4 is 10.0 Å². The molecule has 2 aliphatic rings. The smallest absolute Gasteiger partial charge is 0.211 e. The molecule has 0 amide bonds. The van der Waals surface area contributed by atoms with Crippen molar-refractivity contribution in [3.8, 4) is 0 Å². The van der Waals surface area contributed by atoms with Crippen molar-refractivity contribution in [2.45, 2.75) is 57.4 Å². The molecule has 1 saturated carbocycles. The molecule has 1 saturated heterocycles. The van der Waals surface area contributed by atoms with Gasteiger partial charge in [-0.25, -0.2) is 12.7 Å². The quantitative estimate of drug-likeness (QED) is 0.810. The van der Waals surface area contributed by atoms with E-state index < -0.39 is 10.0 Å². The molecule has 5 heteroatoms. The molecule has 2 rings (SSSR count). The van der Waals surface area contributed by atoms with E-state index in [-0.39, 0.29) is 0 Å². The van der Waals surface area contributed by atoms with E-state index in [0.29, 0.717) is 12.0 Å². The monoisotopic (exact) mass is 302 g/mol. The van der Waals surface area contributed by atoms with Gasteiger partial charge in [-0.3, -0.25) is 0 Å². The van der Waals surface area contributed by atoms with E-state index in [9.17, 15) is 8.42 Å². The largest absolute Gasteiger partial charge is 0.317 e. The minimum absolute atomic E-state index is 0.553. The van der Waals surface area contributed by atoms with Gasteiger partial charge < -0.3 is 5.32 Å². The highest BCUT2D eigenvalue weighted by Gasteiger charge is 2.30. The van der Waals surface area contributed by atoms with E-state index in [0.717, 1.165) is 25.4 Å². The Morgan fingerprint density at radius 2 is 1.85 bits per heavy atom. The minimum atomic E-state index is -3.01. The molecular weight excluding hydrogens is 272 g/mol. The van der Waals surface area contributed by atoms with Crippen LogP contribution >= 0.6 is 0 Å². The van der Waals surface area contributed by atoms with Crippen molar-refractivity contribution in [1.82, 2.24) is 9.62 Å². The van der Waals surface area contributed by atoms with Crippen LogP contribution in [-0.2, 0) is 10.0 Å². The number of hydrogen-bond donors (Lipinski definition) is 1. The third-order valence-electron chi connectivity index (χ3n) is 5.12. The second kappa shape index (κ2) is 7.23. The van der Waals surface area contributed by atoms with E-state index in [2.05, 4.69) is 12.4 Å². The summed E-state index contributed by atoms with van der Waals surface area (Å²) in [6, 6.07) is 0.631. The first-order valence-electron chi connectivity index (χ1n) is 8.13. The lowest BCUT2D eigenvalue weighted by Gasteiger charge is -2.35. The lowest BCUT2D eigenvalue weighted by atomic mass is 9.83. The molecular formula is C15H30N2O2S. The van der Waals surface area contributed by atoms with Crippen molar-refractivity contribution < 1.29 is 8.42 Å². The zero-order valence-corrected chi connectivity index (χ0v) is 13.8. The second-order valence-corrected chi connectivity index (χ2v) is 8.64. The number of nitrogens with zero attached hydrogens (tertiary/aromatic N) is 1. The van der Waals surface area contributed by atoms with Gasteiger partial charge in [0.2, 0.25) is 10.0 Å². The SMILES string of the molecule is CNC1CCCCCC1CC1CCCN(S(C)(=O)=O)C1. The Morgan fingerprint density at radius 1 is 1.10 bits per heavy atom. The first-order chi connectivity index (χ1) is 9.50. The fraction of sp³-hybridized carbons (Fsp3) is 1.00. The lowest BCUT2D eigenvalue weighted by Crippen LogP contribution is -2.41. The number of piperidine rings is 1. The Kier molecular flexibility index (Phi) is 5.87. The summed E-state index contributed by atoms with van der Waals surface area (Å²) < 4.78 is 25.1. The van der Waals surface area contributed by atoms with Gasteiger partial charge in [-0.2, -0.15) is 0 Å². The van der Waals surface area contributed by atoms with Gasteiger partial charge in [0.05, 0.1) is 6.26 Å². The Hall–Kier alpha value is -0.130. The average Bonchev–Trinajstić information content (AvgIpc) is 2.63. The molecule has 3 atom stereocenters. The summed E-state index contributed by atoms with van der Waals surface area (Å²) in [7, 11) is -0.932. The molecule has 3 unspecified atom stereocenters. The minimum Gasteiger partial charge on any atom is -0.317 e. The van der Waals surface area contributed by atoms with Gasteiger partial charge >= 0.3 is 0 Å². The molecule has 0 bridgehead atoms. The summed E-state index contributed by atoms with van der Waals surface area (Å²) in [6.07, 6.45) is 11.4. The van der Waals surface area contributed by atoms with Crippen LogP contribution in [0.1, 0.15) is 51.4 Å².